The molecule has 18 heavy (non-hydrogen) atoms. The summed E-state index contributed by atoms with van der Waals surface area (Å²) in [5.74, 6) is 1.13. The minimum Gasteiger partial charge on any atom is -0.233 e. The van der Waals surface area contributed by atoms with Gasteiger partial charge >= 0.3 is 0 Å². The van der Waals surface area contributed by atoms with E-state index >= 15 is 0 Å². The fourth-order valence-corrected chi connectivity index (χ4v) is 2.28. The Hall–Kier alpha value is -0.830. The van der Waals surface area contributed by atoms with Gasteiger partial charge < -0.3 is 0 Å². The van der Waals surface area contributed by atoms with E-state index < -0.39 is 0 Å². The van der Waals surface area contributed by atoms with Crippen LogP contribution in [0.4, 0.5) is 0 Å². The molecule has 0 saturated heterocycles. The molecule has 0 unspecified atom stereocenters. The molecular formula is C13H9Cl3N2. The number of hydrogen-bond acceptors (Lipinski definition) is 2. The molecule has 3 rings (SSSR count). The van der Waals surface area contributed by atoms with Crippen molar-refractivity contribution in [2.24, 2.45) is 0 Å². The second-order valence-electron chi connectivity index (χ2n) is 4.34. The summed E-state index contributed by atoms with van der Waals surface area (Å²) in [6, 6.07) is 7.17. The molecule has 0 aliphatic heterocycles. The first kappa shape index (κ1) is 12.2. The van der Waals surface area contributed by atoms with Gasteiger partial charge in [-0.3, -0.25) is 0 Å². The minimum absolute atomic E-state index is 0.466. The zero-order chi connectivity index (χ0) is 12.7. The van der Waals surface area contributed by atoms with Crippen LogP contribution in [0.15, 0.2) is 24.3 Å². The monoisotopic (exact) mass is 298 g/mol. The van der Waals surface area contributed by atoms with E-state index in [4.69, 9.17) is 34.8 Å². The number of benzene rings is 1. The van der Waals surface area contributed by atoms with Crippen LogP contribution in [0, 0.1) is 0 Å². The molecule has 1 saturated carbocycles. The Labute approximate surface area is 120 Å². The fourth-order valence-electron chi connectivity index (χ4n) is 1.79. The smallest absolute Gasteiger partial charge is 0.161 e. The highest BCUT2D eigenvalue weighted by atomic mass is 35.5. The van der Waals surface area contributed by atoms with Crippen LogP contribution >= 0.6 is 34.8 Å². The number of hydrogen-bond donors (Lipinski definition) is 0. The van der Waals surface area contributed by atoms with E-state index in [1.165, 1.54) is 12.8 Å². The molecule has 0 spiro atoms. The maximum Gasteiger partial charge on any atom is 0.161 e. The van der Waals surface area contributed by atoms with Gasteiger partial charge in [0.05, 0.1) is 10.0 Å². The fraction of sp³-hybridized carbons (Fsp3) is 0.231. The summed E-state index contributed by atoms with van der Waals surface area (Å²) in [5, 5.41) is 1.48. The first-order valence-electron chi connectivity index (χ1n) is 5.63. The maximum absolute atomic E-state index is 6.03. The largest absolute Gasteiger partial charge is 0.233 e. The molecule has 1 aliphatic rings. The highest BCUT2D eigenvalue weighted by Gasteiger charge is 2.26. The summed E-state index contributed by atoms with van der Waals surface area (Å²) in [6.07, 6.45) is 2.35. The third-order valence-electron chi connectivity index (χ3n) is 2.89. The molecule has 2 nitrogen and oxygen atoms in total. The number of nitrogens with zero attached hydrogens (tertiary/aromatic N) is 2. The van der Waals surface area contributed by atoms with Gasteiger partial charge in [0.1, 0.15) is 5.15 Å². The van der Waals surface area contributed by atoms with Crippen LogP contribution in [0.2, 0.25) is 15.2 Å². The molecule has 0 amide bonds. The molecule has 5 heteroatoms. The molecule has 1 heterocycles. The van der Waals surface area contributed by atoms with E-state index in [0.717, 1.165) is 11.3 Å². The van der Waals surface area contributed by atoms with Crippen molar-refractivity contribution in [1.29, 1.82) is 0 Å². The van der Waals surface area contributed by atoms with E-state index in [9.17, 15) is 0 Å². The van der Waals surface area contributed by atoms with Crippen molar-refractivity contribution in [3.63, 3.8) is 0 Å². The van der Waals surface area contributed by atoms with Crippen LogP contribution < -0.4 is 0 Å². The third kappa shape index (κ3) is 2.46. The van der Waals surface area contributed by atoms with Gasteiger partial charge in [-0.1, -0.05) is 34.8 Å². The minimum atomic E-state index is 0.466. The lowest BCUT2D eigenvalue weighted by atomic mass is 10.2. The lowest BCUT2D eigenvalue weighted by Gasteiger charge is -2.05. The van der Waals surface area contributed by atoms with Crippen molar-refractivity contribution in [2.45, 2.75) is 18.8 Å². The van der Waals surface area contributed by atoms with E-state index in [0.29, 0.717) is 26.9 Å². The standard InChI is InChI=1S/C13H9Cl3N2/c14-9-4-3-8(5-10(9)15)13-17-11(7-1-2-7)6-12(16)18-13/h3-7H,1-2H2. The first-order valence-corrected chi connectivity index (χ1v) is 6.77. The Morgan fingerprint density at radius 3 is 2.39 bits per heavy atom. The van der Waals surface area contributed by atoms with Crippen LogP contribution in [-0.4, -0.2) is 9.97 Å². The van der Waals surface area contributed by atoms with Crippen molar-refractivity contribution in [2.75, 3.05) is 0 Å². The van der Waals surface area contributed by atoms with Crippen LogP contribution in [-0.2, 0) is 0 Å². The molecule has 2 aromatic rings. The lowest BCUT2D eigenvalue weighted by Crippen LogP contribution is -1.95. The average Bonchev–Trinajstić information content (AvgIpc) is 3.16. The summed E-state index contributed by atoms with van der Waals surface area (Å²) in [6.45, 7) is 0. The molecule has 1 aromatic heterocycles. The van der Waals surface area contributed by atoms with Crippen molar-refractivity contribution >= 4 is 34.8 Å². The normalized spacial score (nSPS) is 14.8. The summed E-state index contributed by atoms with van der Waals surface area (Å²) in [7, 11) is 0. The Bertz CT molecular complexity index is 609. The molecule has 1 aliphatic carbocycles. The summed E-state index contributed by atoms with van der Waals surface area (Å²) < 4.78 is 0. The second-order valence-corrected chi connectivity index (χ2v) is 5.54. The highest BCUT2D eigenvalue weighted by molar-refractivity contribution is 6.42. The topological polar surface area (TPSA) is 25.8 Å². The van der Waals surface area contributed by atoms with E-state index in [-0.39, 0.29) is 0 Å². The Morgan fingerprint density at radius 1 is 0.944 bits per heavy atom. The van der Waals surface area contributed by atoms with Crippen molar-refractivity contribution < 1.29 is 0 Å². The van der Waals surface area contributed by atoms with Gasteiger partial charge in [-0.25, -0.2) is 9.97 Å². The van der Waals surface area contributed by atoms with Crippen molar-refractivity contribution in [3.8, 4) is 11.4 Å². The zero-order valence-electron chi connectivity index (χ0n) is 9.33. The second kappa shape index (κ2) is 4.69. The Morgan fingerprint density at radius 2 is 1.72 bits per heavy atom. The highest BCUT2D eigenvalue weighted by Crippen LogP contribution is 2.40. The summed E-state index contributed by atoms with van der Waals surface area (Å²) in [5.41, 5.74) is 1.84. The number of rotatable bonds is 2. The molecule has 0 N–H and O–H groups in total. The van der Waals surface area contributed by atoms with Crippen LogP contribution in [0.3, 0.4) is 0 Å². The molecule has 0 bridgehead atoms. The predicted molar refractivity (Wildman–Crippen MR) is 74.5 cm³/mol. The molecule has 92 valence electrons. The summed E-state index contributed by atoms with van der Waals surface area (Å²) in [4.78, 5) is 8.78. The first-order chi connectivity index (χ1) is 8.63. The van der Waals surface area contributed by atoms with Crippen LogP contribution in [0.25, 0.3) is 11.4 Å². The predicted octanol–water partition coefficient (Wildman–Crippen LogP) is 4.98. The molecular weight excluding hydrogens is 291 g/mol. The van der Waals surface area contributed by atoms with Crippen LogP contribution in [0.5, 0.6) is 0 Å². The van der Waals surface area contributed by atoms with Gasteiger partial charge in [0, 0.05) is 17.2 Å². The van der Waals surface area contributed by atoms with Crippen molar-refractivity contribution in [3.05, 3.63) is 45.2 Å². The lowest BCUT2D eigenvalue weighted by molar-refractivity contribution is 0.994. The van der Waals surface area contributed by atoms with Gasteiger partial charge in [-0.15, -0.1) is 0 Å². The Balaban J connectivity index is 2.07. The van der Waals surface area contributed by atoms with Gasteiger partial charge in [-0.2, -0.15) is 0 Å². The molecule has 1 aromatic carbocycles. The number of halogens is 3. The zero-order valence-corrected chi connectivity index (χ0v) is 11.6. The van der Waals surface area contributed by atoms with E-state index in [1.807, 2.05) is 12.1 Å². The van der Waals surface area contributed by atoms with Gasteiger partial charge in [-0.05, 0) is 37.1 Å². The van der Waals surface area contributed by atoms with E-state index in [1.54, 1.807) is 12.1 Å². The van der Waals surface area contributed by atoms with Crippen molar-refractivity contribution in [1.82, 2.24) is 9.97 Å². The molecule has 0 atom stereocenters. The third-order valence-corrected chi connectivity index (χ3v) is 3.82. The van der Waals surface area contributed by atoms with Gasteiger partial charge in [0.2, 0.25) is 0 Å². The molecule has 0 radical (unpaired) electrons. The summed E-state index contributed by atoms with van der Waals surface area (Å²) >= 11 is 17.9. The van der Waals surface area contributed by atoms with Gasteiger partial charge in [0.15, 0.2) is 5.82 Å². The van der Waals surface area contributed by atoms with Crippen LogP contribution in [0.1, 0.15) is 24.5 Å². The SMILES string of the molecule is Clc1cc(C2CC2)nc(-c2ccc(Cl)c(Cl)c2)n1. The molecule has 1 fully saturated rings. The number of aromatic nitrogens is 2. The average molecular weight is 300 g/mol. The Kier molecular flexibility index (Phi) is 3.18. The quantitative estimate of drug-likeness (QED) is 0.731. The maximum atomic E-state index is 6.03. The van der Waals surface area contributed by atoms with E-state index in [2.05, 4.69) is 9.97 Å². The van der Waals surface area contributed by atoms with Gasteiger partial charge in [0.25, 0.3) is 0 Å².